The second kappa shape index (κ2) is 5.11. The third-order valence-corrected chi connectivity index (χ3v) is 2.38. The Hall–Kier alpha value is -1.10. The summed E-state index contributed by atoms with van der Waals surface area (Å²) in [7, 11) is 0. The Morgan fingerprint density at radius 1 is 1.47 bits per heavy atom. The van der Waals surface area contributed by atoms with Gasteiger partial charge < -0.3 is 15.2 Å². The van der Waals surface area contributed by atoms with Crippen LogP contribution in [-0.4, -0.2) is 35.7 Å². The first-order valence-corrected chi connectivity index (χ1v) is 5.15. The summed E-state index contributed by atoms with van der Waals surface area (Å²) in [5.74, 6) is -0.819. The molecule has 0 aromatic rings. The normalized spacial score (nSPS) is 19.3. The summed E-state index contributed by atoms with van der Waals surface area (Å²) in [6.07, 6.45) is 1.76. The molecule has 1 unspecified atom stereocenters. The molecule has 86 valence electrons. The van der Waals surface area contributed by atoms with Crippen LogP contribution in [0.3, 0.4) is 0 Å². The van der Waals surface area contributed by atoms with E-state index in [1.165, 1.54) is 19.8 Å². The van der Waals surface area contributed by atoms with Gasteiger partial charge in [0.2, 0.25) is 5.91 Å². The fraction of sp³-hybridized carbons (Fsp3) is 0.800. The molecule has 0 spiro atoms. The Morgan fingerprint density at radius 2 is 2.07 bits per heavy atom. The zero-order valence-corrected chi connectivity index (χ0v) is 9.03. The third kappa shape index (κ3) is 4.29. The van der Waals surface area contributed by atoms with E-state index in [4.69, 9.17) is 9.84 Å². The highest BCUT2D eigenvalue weighted by molar-refractivity contribution is 5.85. The molecular formula is C10H17NO4. The van der Waals surface area contributed by atoms with E-state index in [2.05, 4.69) is 5.32 Å². The topological polar surface area (TPSA) is 75.6 Å². The van der Waals surface area contributed by atoms with E-state index in [1.54, 1.807) is 6.92 Å². The van der Waals surface area contributed by atoms with Crippen LogP contribution >= 0.6 is 0 Å². The molecule has 1 aliphatic carbocycles. The van der Waals surface area contributed by atoms with Gasteiger partial charge in [-0.1, -0.05) is 0 Å². The van der Waals surface area contributed by atoms with Gasteiger partial charge in [-0.15, -0.1) is 0 Å². The lowest BCUT2D eigenvalue weighted by Gasteiger charge is -2.15. The SMILES string of the molecule is CC(OCC1CC1)C(=O)N[C@H](C)C(=O)O. The fourth-order valence-electron chi connectivity index (χ4n) is 1.03. The van der Waals surface area contributed by atoms with Crippen molar-refractivity contribution in [3.05, 3.63) is 0 Å². The Bertz CT molecular complexity index is 250. The summed E-state index contributed by atoms with van der Waals surface area (Å²) >= 11 is 0. The zero-order chi connectivity index (χ0) is 11.4. The van der Waals surface area contributed by atoms with Gasteiger partial charge in [0.15, 0.2) is 0 Å². The van der Waals surface area contributed by atoms with Gasteiger partial charge in [-0.3, -0.25) is 9.59 Å². The average Bonchev–Trinajstić information content (AvgIpc) is 2.97. The number of hydrogen-bond donors (Lipinski definition) is 2. The number of aliphatic carboxylic acids is 1. The predicted molar refractivity (Wildman–Crippen MR) is 53.4 cm³/mol. The van der Waals surface area contributed by atoms with Gasteiger partial charge in [-0.2, -0.15) is 0 Å². The maximum Gasteiger partial charge on any atom is 0.325 e. The quantitative estimate of drug-likeness (QED) is 0.672. The number of carboxylic acids is 1. The van der Waals surface area contributed by atoms with Crippen molar-refractivity contribution in [2.24, 2.45) is 5.92 Å². The van der Waals surface area contributed by atoms with Crippen LogP contribution in [0.2, 0.25) is 0 Å². The molecule has 1 aliphatic rings. The molecule has 0 aliphatic heterocycles. The lowest BCUT2D eigenvalue weighted by Crippen LogP contribution is -2.43. The molecule has 0 aromatic carbocycles. The maximum atomic E-state index is 11.4. The molecule has 0 saturated heterocycles. The molecule has 1 rings (SSSR count). The van der Waals surface area contributed by atoms with Crippen molar-refractivity contribution in [2.75, 3.05) is 6.61 Å². The highest BCUT2D eigenvalue weighted by atomic mass is 16.5. The molecule has 5 heteroatoms. The summed E-state index contributed by atoms with van der Waals surface area (Å²) in [6.45, 7) is 3.65. The van der Waals surface area contributed by atoms with Crippen LogP contribution in [0.4, 0.5) is 0 Å². The minimum Gasteiger partial charge on any atom is -0.480 e. The minimum absolute atomic E-state index is 0.370. The number of carbonyl (C=O) groups excluding carboxylic acids is 1. The average molecular weight is 215 g/mol. The van der Waals surface area contributed by atoms with E-state index < -0.39 is 18.1 Å². The van der Waals surface area contributed by atoms with Crippen LogP contribution in [0.1, 0.15) is 26.7 Å². The Morgan fingerprint density at radius 3 is 2.53 bits per heavy atom. The van der Waals surface area contributed by atoms with Gasteiger partial charge >= 0.3 is 5.97 Å². The van der Waals surface area contributed by atoms with E-state index in [-0.39, 0.29) is 5.91 Å². The Kier molecular flexibility index (Phi) is 4.08. The molecule has 2 atom stereocenters. The number of nitrogens with one attached hydrogen (secondary N) is 1. The third-order valence-electron chi connectivity index (χ3n) is 2.38. The molecule has 5 nitrogen and oxygen atoms in total. The van der Waals surface area contributed by atoms with Gasteiger partial charge in [0.25, 0.3) is 0 Å². The van der Waals surface area contributed by atoms with Gasteiger partial charge in [0.1, 0.15) is 12.1 Å². The second-order valence-corrected chi connectivity index (χ2v) is 3.99. The number of amides is 1. The summed E-state index contributed by atoms with van der Waals surface area (Å²) < 4.78 is 5.30. The van der Waals surface area contributed by atoms with Gasteiger partial charge in [0.05, 0.1) is 6.61 Å². The fourth-order valence-corrected chi connectivity index (χ4v) is 1.03. The van der Waals surface area contributed by atoms with Gasteiger partial charge in [-0.05, 0) is 32.6 Å². The molecule has 0 heterocycles. The minimum atomic E-state index is -1.04. The molecular weight excluding hydrogens is 198 g/mol. The maximum absolute atomic E-state index is 11.4. The van der Waals surface area contributed by atoms with Crippen LogP contribution in [0.5, 0.6) is 0 Å². The largest absolute Gasteiger partial charge is 0.480 e. The summed E-state index contributed by atoms with van der Waals surface area (Å²) in [5, 5.41) is 10.9. The van der Waals surface area contributed by atoms with E-state index >= 15 is 0 Å². The van der Waals surface area contributed by atoms with Crippen LogP contribution in [0, 0.1) is 5.92 Å². The first-order valence-electron chi connectivity index (χ1n) is 5.15. The summed E-state index contributed by atoms with van der Waals surface area (Å²) in [5.41, 5.74) is 0. The molecule has 1 amide bonds. The van der Waals surface area contributed by atoms with Crippen LogP contribution in [0.25, 0.3) is 0 Å². The van der Waals surface area contributed by atoms with Crippen molar-refractivity contribution < 1.29 is 19.4 Å². The van der Waals surface area contributed by atoms with Gasteiger partial charge in [-0.25, -0.2) is 0 Å². The molecule has 15 heavy (non-hydrogen) atoms. The summed E-state index contributed by atoms with van der Waals surface area (Å²) in [6, 6.07) is -0.871. The first kappa shape index (κ1) is 12.0. The number of hydrogen-bond acceptors (Lipinski definition) is 3. The van der Waals surface area contributed by atoms with Crippen LogP contribution in [-0.2, 0) is 14.3 Å². The van der Waals surface area contributed by atoms with Crippen molar-refractivity contribution in [1.82, 2.24) is 5.32 Å². The molecule has 1 saturated carbocycles. The number of ether oxygens (including phenoxy) is 1. The van der Waals surface area contributed by atoms with Crippen molar-refractivity contribution >= 4 is 11.9 Å². The van der Waals surface area contributed by atoms with E-state index in [9.17, 15) is 9.59 Å². The van der Waals surface area contributed by atoms with Crippen molar-refractivity contribution in [3.8, 4) is 0 Å². The molecule has 2 N–H and O–H groups in total. The van der Waals surface area contributed by atoms with Crippen molar-refractivity contribution in [3.63, 3.8) is 0 Å². The standard InChI is InChI=1S/C10H17NO4/c1-6(10(13)14)11-9(12)7(2)15-5-8-3-4-8/h6-8H,3-5H2,1-2H3,(H,11,12)(H,13,14)/t6-,7?/m1/s1. The smallest absolute Gasteiger partial charge is 0.325 e. The lowest BCUT2D eigenvalue weighted by molar-refractivity contribution is -0.143. The Balaban J connectivity index is 2.21. The van der Waals surface area contributed by atoms with Crippen molar-refractivity contribution in [2.45, 2.75) is 38.8 Å². The number of carbonyl (C=O) groups is 2. The highest BCUT2D eigenvalue weighted by Crippen LogP contribution is 2.29. The number of rotatable bonds is 6. The second-order valence-electron chi connectivity index (χ2n) is 3.99. The van der Waals surface area contributed by atoms with Crippen LogP contribution in [0.15, 0.2) is 0 Å². The van der Waals surface area contributed by atoms with Crippen molar-refractivity contribution in [1.29, 1.82) is 0 Å². The molecule has 0 radical (unpaired) electrons. The zero-order valence-electron chi connectivity index (χ0n) is 9.03. The Labute approximate surface area is 88.8 Å². The van der Waals surface area contributed by atoms with E-state index in [1.807, 2.05) is 0 Å². The lowest BCUT2D eigenvalue weighted by atomic mass is 10.3. The van der Waals surface area contributed by atoms with E-state index in [0.717, 1.165) is 0 Å². The molecule has 0 aromatic heterocycles. The number of carboxylic acid groups (broad SMARTS) is 1. The predicted octanol–water partition coefficient (Wildman–Crippen LogP) is 0.391. The van der Waals surface area contributed by atoms with Crippen LogP contribution < -0.4 is 5.32 Å². The highest BCUT2D eigenvalue weighted by Gasteiger charge is 2.25. The first-order chi connectivity index (χ1) is 7.00. The summed E-state index contributed by atoms with van der Waals surface area (Å²) in [4.78, 5) is 21.9. The molecule has 1 fully saturated rings. The molecule has 0 bridgehead atoms. The van der Waals surface area contributed by atoms with E-state index in [0.29, 0.717) is 12.5 Å². The van der Waals surface area contributed by atoms with Gasteiger partial charge in [0, 0.05) is 0 Å². The monoisotopic (exact) mass is 215 g/mol.